The first-order valence-electron chi connectivity index (χ1n) is 6.30. The lowest BCUT2D eigenvalue weighted by molar-refractivity contribution is 0.248. The van der Waals surface area contributed by atoms with E-state index in [1.807, 2.05) is 23.6 Å². The summed E-state index contributed by atoms with van der Waals surface area (Å²) in [4.78, 5) is 8.28. The lowest BCUT2D eigenvalue weighted by atomic mass is 10.1. The average Bonchev–Trinajstić information content (AvgIpc) is 2.84. The monoisotopic (exact) mass is 260 g/mol. The second kappa shape index (κ2) is 6.12. The van der Waals surface area contributed by atoms with Gasteiger partial charge in [-0.05, 0) is 44.0 Å². The molecule has 0 amide bonds. The van der Waals surface area contributed by atoms with Crippen LogP contribution in [0.15, 0.2) is 35.8 Å². The van der Waals surface area contributed by atoms with Gasteiger partial charge in [-0.1, -0.05) is 12.1 Å². The van der Waals surface area contributed by atoms with Crippen LogP contribution >= 0.6 is 11.3 Å². The van der Waals surface area contributed by atoms with Crippen LogP contribution in [0.2, 0.25) is 0 Å². The van der Waals surface area contributed by atoms with Crippen molar-refractivity contribution in [2.24, 2.45) is 0 Å². The predicted molar refractivity (Wildman–Crippen MR) is 77.9 cm³/mol. The SMILES string of the molecule is Cc1cccnc1C[C@@H](C)N(C)Cc1cccs1. The van der Waals surface area contributed by atoms with Gasteiger partial charge in [0.25, 0.3) is 0 Å². The summed E-state index contributed by atoms with van der Waals surface area (Å²) in [6.45, 7) is 5.42. The molecule has 0 fully saturated rings. The van der Waals surface area contributed by atoms with E-state index in [0.29, 0.717) is 6.04 Å². The van der Waals surface area contributed by atoms with E-state index in [-0.39, 0.29) is 0 Å². The van der Waals surface area contributed by atoms with Gasteiger partial charge in [-0.3, -0.25) is 9.88 Å². The Morgan fingerprint density at radius 3 is 2.83 bits per heavy atom. The lowest BCUT2D eigenvalue weighted by Gasteiger charge is -2.24. The molecule has 0 bridgehead atoms. The summed E-state index contributed by atoms with van der Waals surface area (Å²) >= 11 is 1.82. The molecular formula is C15H20N2S. The number of likely N-dealkylation sites (N-methyl/N-ethyl adjacent to an activating group) is 1. The van der Waals surface area contributed by atoms with Crippen LogP contribution in [0.5, 0.6) is 0 Å². The predicted octanol–water partition coefficient (Wildman–Crippen LogP) is 3.51. The first kappa shape index (κ1) is 13.2. The molecule has 0 saturated heterocycles. The van der Waals surface area contributed by atoms with Gasteiger partial charge in [-0.15, -0.1) is 11.3 Å². The Hall–Kier alpha value is -1.19. The molecule has 2 nitrogen and oxygen atoms in total. The van der Waals surface area contributed by atoms with Gasteiger partial charge in [0.2, 0.25) is 0 Å². The van der Waals surface area contributed by atoms with Crippen molar-refractivity contribution in [2.45, 2.75) is 32.9 Å². The fraction of sp³-hybridized carbons (Fsp3) is 0.400. The van der Waals surface area contributed by atoms with Gasteiger partial charge in [0.15, 0.2) is 0 Å². The van der Waals surface area contributed by atoms with Crippen LogP contribution in [-0.4, -0.2) is 23.0 Å². The number of hydrogen-bond acceptors (Lipinski definition) is 3. The molecule has 0 aromatic carbocycles. The Kier molecular flexibility index (Phi) is 4.50. The second-order valence-corrected chi connectivity index (χ2v) is 5.85. The summed E-state index contributed by atoms with van der Waals surface area (Å²) in [7, 11) is 2.18. The van der Waals surface area contributed by atoms with E-state index in [1.165, 1.54) is 16.1 Å². The Bertz CT molecular complexity index is 479. The molecule has 96 valence electrons. The Morgan fingerprint density at radius 2 is 2.17 bits per heavy atom. The van der Waals surface area contributed by atoms with E-state index in [4.69, 9.17) is 0 Å². The first-order chi connectivity index (χ1) is 8.66. The van der Waals surface area contributed by atoms with Crippen molar-refractivity contribution in [1.82, 2.24) is 9.88 Å². The third kappa shape index (κ3) is 3.40. The van der Waals surface area contributed by atoms with Gasteiger partial charge in [0, 0.05) is 35.8 Å². The zero-order valence-electron chi connectivity index (χ0n) is 11.3. The fourth-order valence-corrected chi connectivity index (χ4v) is 2.74. The number of aromatic nitrogens is 1. The van der Waals surface area contributed by atoms with E-state index in [1.54, 1.807) is 0 Å². The summed E-state index contributed by atoms with van der Waals surface area (Å²) in [5.74, 6) is 0. The molecule has 2 aromatic heterocycles. The molecule has 0 aliphatic rings. The van der Waals surface area contributed by atoms with Crippen LogP contribution in [0, 0.1) is 6.92 Å². The van der Waals surface area contributed by atoms with Crippen LogP contribution in [-0.2, 0) is 13.0 Å². The van der Waals surface area contributed by atoms with Crippen molar-refractivity contribution in [3.8, 4) is 0 Å². The topological polar surface area (TPSA) is 16.1 Å². The number of thiophene rings is 1. The molecule has 2 aromatic rings. The van der Waals surface area contributed by atoms with E-state index in [0.717, 1.165) is 13.0 Å². The van der Waals surface area contributed by atoms with Crippen molar-refractivity contribution in [3.63, 3.8) is 0 Å². The maximum Gasteiger partial charge on any atom is 0.0448 e. The van der Waals surface area contributed by atoms with Crippen LogP contribution in [0.1, 0.15) is 23.1 Å². The van der Waals surface area contributed by atoms with E-state index in [2.05, 4.69) is 54.4 Å². The average molecular weight is 260 g/mol. The Morgan fingerprint density at radius 1 is 1.33 bits per heavy atom. The molecule has 0 unspecified atom stereocenters. The highest BCUT2D eigenvalue weighted by atomic mass is 32.1. The number of pyridine rings is 1. The molecule has 0 saturated carbocycles. The first-order valence-corrected chi connectivity index (χ1v) is 7.18. The summed E-state index contributed by atoms with van der Waals surface area (Å²) in [5.41, 5.74) is 2.50. The molecule has 2 heterocycles. The minimum atomic E-state index is 0.501. The van der Waals surface area contributed by atoms with E-state index in [9.17, 15) is 0 Å². The largest absolute Gasteiger partial charge is 0.298 e. The summed E-state index contributed by atoms with van der Waals surface area (Å²) in [6, 6.07) is 8.94. The minimum absolute atomic E-state index is 0.501. The maximum absolute atomic E-state index is 4.47. The highest BCUT2D eigenvalue weighted by Gasteiger charge is 2.12. The molecule has 0 aliphatic carbocycles. The number of nitrogens with zero attached hydrogens (tertiary/aromatic N) is 2. The van der Waals surface area contributed by atoms with Crippen molar-refractivity contribution in [1.29, 1.82) is 0 Å². The summed E-state index contributed by atoms with van der Waals surface area (Å²) in [5, 5.41) is 2.14. The smallest absolute Gasteiger partial charge is 0.0448 e. The van der Waals surface area contributed by atoms with Gasteiger partial charge in [-0.25, -0.2) is 0 Å². The zero-order valence-corrected chi connectivity index (χ0v) is 12.1. The third-order valence-corrected chi connectivity index (χ3v) is 4.21. The van der Waals surface area contributed by atoms with Crippen molar-refractivity contribution < 1.29 is 0 Å². The lowest BCUT2D eigenvalue weighted by Crippen LogP contribution is -2.30. The highest BCUT2D eigenvalue weighted by molar-refractivity contribution is 7.09. The number of aryl methyl sites for hydroxylation is 1. The van der Waals surface area contributed by atoms with Crippen molar-refractivity contribution >= 4 is 11.3 Å². The zero-order chi connectivity index (χ0) is 13.0. The summed E-state index contributed by atoms with van der Waals surface area (Å²) in [6.07, 6.45) is 2.89. The standard InChI is InChI=1S/C15H20N2S/c1-12-6-4-8-16-15(12)10-13(2)17(3)11-14-7-5-9-18-14/h4-9,13H,10-11H2,1-3H3/t13-/m1/s1. The molecule has 0 aliphatic heterocycles. The van der Waals surface area contributed by atoms with E-state index >= 15 is 0 Å². The second-order valence-electron chi connectivity index (χ2n) is 4.81. The maximum atomic E-state index is 4.47. The Labute approximate surface area is 113 Å². The third-order valence-electron chi connectivity index (χ3n) is 3.34. The normalized spacial score (nSPS) is 12.9. The molecular weight excluding hydrogens is 240 g/mol. The van der Waals surface area contributed by atoms with Gasteiger partial charge < -0.3 is 0 Å². The van der Waals surface area contributed by atoms with Crippen LogP contribution in [0.25, 0.3) is 0 Å². The molecule has 1 atom stereocenters. The van der Waals surface area contributed by atoms with Gasteiger partial charge in [-0.2, -0.15) is 0 Å². The molecule has 0 radical (unpaired) electrons. The van der Waals surface area contributed by atoms with Crippen molar-refractivity contribution in [2.75, 3.05) is 7.05 Å². The highest BCUT2D eigenvalue weighted by Crippen LogP contribution is 2.15. The van der Waals surface area contributed by atoms with Crippen molar-refractivity contribution in [3.05, 3.63) is 52.0 Å². The fourth-order valence-electron chi connectivity index (χ4n) is 1.97. The molecule has 3 heteroatoms. The summed E-state index contributed by atoms with van der Waals surface area (Å²) < 4.78 is 0. The van der Waals surface area contributed by atoms with Crippen LogP contribution in [0.3, 0.4) is 0 Å². The number of rotatable bonds is 5. The van der Waals surface area contributed by atoms with Crippen LogP contribution < -0.4 is 0 Å². The number of hydrogen-bond donors (Lipinski definition) is 0. The van der Waals surface area contributed by atoms with Gasteiger partial charge in [0.05, 0.1) is 0 Å². The van der Waals surface area contributed by atoms with Crippen LogP contribution in [0.4, 0.5) is 0 Å². The quantitative estimate of drug-likeness (QED) is 0.818. The molecule has 0 spiro atoms. The van der Waals surface area contributed by atoms with Gasteiger partial charge in [0.1, 0.15) is 0 Å². The minimum Gasteiger partial charge on any atom is -0.298 e. The molecule has 0 N–H and O–H groups in total. The van der Waals surface area contributed by atoms with E-state index < -0.39 is 0 Å². The van der Waals surface area contributed by atoms with Gasteiger partial charge >= 0.3 is 0 Å². The molecule has 18 heavy (non-hydrogen) atoms. The Balaban J connectivity index is 1.95. The molecule has 2 rings (SSSR count).